The van der Waals surface area contributed by atoms with E-state index in [1.165, 1.54) is 12.1 Å². The monoisotopic (exact) mass is 437 g/mol. The number of pyridine rings is 1. The van der Waals surface area contributed by atoms with E-state index in [9.17, 15) is 13.2 Å². The molecule has 0 saturated heterocycles. The van der Waals surface area contributed by atoms with E-state index < -0.39 is 11.7 Å². The van der Waals surface area contributed by atoms with Crippen LogP contribution < -0.4 is 15.2 Å². The molecular weight excluding hydrogens is 419 g/mol. The summed E-state index contributed by atoms with van der Waals surface area (Å²) >= 11 is 1.56. The number of para-hydroxylation sites is 1. The van der Waals surface area contributed by atoms with Crippen LogP contribution in [0.25, 0.3) is 34.4 Å². The molecule has 0 saturated carbocycles. The van der Waals surface area contributed by atoms with Gasteiger partial charge in [-0.2, -0.15) is 13.2 Å². The summed E-state index contributed by atoms with van der Waals surface area (Å²) in [4.78, 5) is 4.72. The number of nitrogens with one attached hydrogen (secondary N) is 1. The molecule has 0 spiro atoms. The second kappa shape index (κ2) is 7.74. The summed E-state index contributed by atoms with van der Waals surface area (Å²) in [5, 5.41) is 6.09. The number of benzene rings is 2. The highest BCUT2D eigenvalue weighted by atomic mass is 32.1. The maximum absolute atomic E-state index is 12.9. The molecule has 1 N–H and O–H groups in total. The zero-order valence-electron chi connectivity index (χ0n) is 16.4. The predicted octanol–water partition coefficient (Wildman–Crippen LogP) is 4.52. The van der Waals surface area contributed by atoms with Crippen molar-refractivity contribution in [3.63, 3.8) is 0 Å². The fraction of sp³-hybridized carbons (Fsp3) is 0.125. The number of thiophene rings is 1. The maximum Gasteiger partial charge on any atom is 0.416 e. The molecule has 1 aliphatic rings. The zero-order chi connectivity index (χ0) is 21.4. The van der Waals surface area contributed by atoms with Gasteiger partial charge in [-0.1, -0.05) is 36.4 Å². The number of fused-ring (bicyclic) bond motifs is 2. The summed E-state index contributed by atoms with van der Waals surface area (Å²) in [5.41, 5.74) is 6.31. The third kappa shape index (κ3) is 4.01. The SMILES string of the molecule is FC(F)(F)c1ccc(-c2csc3c2=CN(CCc2ccc4ccccc4n2)NC=3)cc1. The Hall–Kier alpha value is -3.32. The van der Waals surface area contributed by atoms with Crippen molar-refractivity contribution in [1.82, 2.24) is 15.4 Å². The standard InChI is InChI=1S/C24H18F3N3S/c25-24(26,27)18-8-5-16(6-9-18)21-15-31-23-13-28-30(14-20(21)23)12-11-19-10-7-17-3-1-2-4-22(17)29-19/h1-10,13-15,28H,11-12H2. The lowest BCUT2D eigenvalue weighted by atomic mass is 10.0. The van der Waals surface area contributed by atoms with Gasteiger partial charge in [-0.3, -0.25) is 9.99 Å². The van der Waals surface area contributed by atoms with E-state index >= 15 is 0 Å². The number of nitrogens with zero attached hydrogens (tertiary/aromatic N) is 2. The van der Waals surface area contributed by atoms with Gasteiger partial charge in [0.1, 0.15) is 0 Å². The number of rotatable bonds is 4. The van der Waals surface area contributed by atoms with E-state index in [0.717, 1.165) is 56.0 Å². The fourth-order valence-electron chi connectivity index (χ4n) is 3.64. The first-order valence-corrected chi connectivity index (χ1v) is 10.7. The molecule has 31 heavy (non-hydrogen) atoms. The van der Waals surface area contributed by atoms with Crippen LogP contribution in [0.5, 0.6) is 0 Å². The quantitative estimate of drug-likeness (QED) is 0.509. The average molecular weight is 437 g/mol. The van der Waals surface area contributed by atoms with Gasteiger partial charge in [-0.05, 0) is 35.2 Å². The van der Waals surface area contributed by atoms with Gasteiger partial charge < -0.3 is 5.43 Å². The highest BCUT2D eigenvalue weighted by molar-refractivity contribution is 7.08. The molecule has 0 bridgehead atoms. The molecule has 0 atom stereocenters. The van der Waals surface area contributed by atoms with E-state index in [4.69, 9.17) is 4.98 Å². The zero-order valence-corrected chi connectivity index (χ0v) is 17.2. The average Bonchev–Trinajstić information content (AvgIpc) is 3.20. The van der Waals surface area contributed by atoms with Crippen molar-refractivity contribution in [1.29, 1.82) is 0 Å². The minimum Gasteiger partial charge on any atom is -0.305 e. The van der Waals surface area contributed by atoms with Crippen molar-refractivity contribution < 1.29 is 13.2 Å². The first-order chi connectivity index (χ1) is 15.0. The molecule has 3 nitrogen and oxygen atoms in total. The highest BCUT2D eigenvalue weighted by Crippen LogP contribution is 2.30. The molecule has 2 aromatic carbocycles. The molecule has 0 amide bonds. The minimum absolute atomic E-state index is 0.637. The van der Waals surface area contributed by atoms with Gasteiger partial charge in [0.05, 0.1) is 15.6 Å². The van der Waals surface area contributed by atoms with Crippen molar-refractivity contribution in [2.45, 2.75) is 12.6 Å². The van der Waals surface area contributed by atoms with E-state index in [-0.39, 0.29) is 0 Å². The minimum atomic E-state index is -4.33. The number of hydrogen-bond donors (Lipinski definition) is 1. The molecule has 0 aliphatic carbocycles. The Morgan fingerprint density at radius 2 is 1.77 bits per heavy atom. The van der Waals surface area contributed by atoms with Gasteiger partial charge in [0.2, 0.25) is 0 Å². The number of aromatic nitrogens is 1. The van der Waals surface area contributed by atoms with Crippen LogP contribution in [0.2, 0.25) is 0 Å². The number of halogens is 3. The molecule has 0 radical (unpaired) electrons. The Balaban J connectivity index is 1.37. The van der Waals surface area contributed by atoms with Crippen LogP contribution in [-0.4, -0.2) is 16.5 Å². The Kier molecular flexibility index (Phi) is 4.90. The van der Waals surface area contributed by atoms with Gasteiger partial charge in [-0.25, -0.2) is 0 Å². The molecule has 4 aromatic rings. The lowest BCUT2D eigenvalue weighted by Crippen LogP contribution is -2.41. The van der Waals surface area contributed by atoms with Gasteiger partial charge in [0.25, 0.3) is 0 Å². The summed E-state index contributed by atoms with van der Waals surface area (Å²) in [6.07, 6.45) is 0.378. The van der Waals surface area contributed by atoms with E-state index in [0.29, 0.717) is 6.54 Å². The topological polar surface area (TPSA) is 28.2 Å². The Morgan fingerprint density at radius 1 is 0.968 bits per heavy atom. The highest BCUT2D eigenvalue weighted by Gasteiger charge is 2.30. The lowest BCUT2D eigenvalue weighted by molar-refractivity contribution is -0.137. The van der Waals surface area contributed by atoms with Crippen LogP contribution in [-0.2, 0) is 12.6 Å². The molecule has 1 aliphatic heterocycles. The summed E-state index contributed by atoms with van der Waals surface area (Å²) in [7, 11) is 0. The van der Waals surface area contributed by atoms with Crippen LogP contribution in [0.15, 0.2) is 66.0 Å². The van der Waals surface area contributed by atoms with Crippen molar-refractivity contribution in [3.8, 4) is 11.1 Å². The van der Waals surface area contributed by atoms with Crippen molar-refractivity contribution in [3.05, 3.63) is 87.1 Å². The first kappa shape index (κ1) is 19.6. The van der Waals surface area contributed by atoms with Crippen molar-refractivity contribution >= 4 is 34.6 Å². The maximum atomic E-state index is 12.9. The summed E-state index contributed by atoms with van der Waals surface area (Å²) in [5.74, 6) is 0. The first-order valence-electron chi connectivity index (χ1n) is 9.82. The van der Waals surface area contributed by atoms with Gasteiger partial charge >= 0.3 is 6.18 Å². The predicted molar refractivity (Wildman–Crippen MR) is 118 cm³/mol. The van der Waals surface area contributed by atoms with Crippen LogP contribution in [0.1, 0.15) is 11.3 Å². The summed E-state index contributed by atoms with van der Waals surface area (Å²) < 4.78 is 39.7. The van der Waals surface area contributed by atoms with Crippen molar-refractivity contribution in [2.75, 3.05) is 6.54 Å². The lowest BCUT2D eigenvalue weighted by Gasteiger charge is -2.22. The van der Waals surface area contributed by atoms with Crippen LogP contribution in [0.3, 0.4) is 0 Å². The molecular formula is C24H18F3N3S. The van der Waals surface area contributed by atoms with Gasteiger partial charge in [0.15, 0.2) is 0 Å². The number of hydrogen-bond acceptors (Lipinski definition) is 4. The Bertz CT molecular complexity index is 1360. The molecule has 0 fully saturated rings. The Morgan fingerprint density at radius 3 is 2.58 bits per heavy atom. The number of alkyl halides is 3. The normalized spacial score (nSPS) is 13.3. The van der Waals surface area contributed by atoms with Gasteiger partial charge in [0, 0.05) is 47.2 Å². The Labute approximate surface area is 180 Å². The fourth-order valence-corrected chi connectivity index (χ4v) is 4.55. The molecule has 5 rings (SSSR count). The van der Waals surface area contributed by atoms with Crippen LogP contribution in [0.4, 0.5) is 13.2 Å². The van der Waals surface area contributed by atoms with E-state index in [2.05, 4.69) is 11.5 Å². The largest absolute Gasteiger partial charge is 0.416 e. The molecule has 0 unspecified atom stereocenters. The molecule has 156 valence electrons. The third-order valence-electron chi connectivity index (χ3n) is 5.29. The van der Waals surface area contributed by atoms with E-state index in [1.807, 2.05) is 53.1 Å². The molecule has 2 aromatic heterocycles. The summed E-state index contributed by atoms with van der Waals surface area (Å²) in [6.45, 7) is 0.712. The second-order valence-corrected chi connectivity index (χ2v) is 8.25. The molecule has 7 heteroatoms. The van der Waals surface area contributed by atoms with Crippen LogP contribution >= 0.6 is 11.3 Å². The van der Waals surface area contributed by atoms with Crippen molar-refractivity contribution in [2.24, 2.45) is 0 Å². The number of hydrazine groups is 1. The third-order valence-corrected chi connectivity index (χ3v) is 6.24. The molecule has 3 heterocycles. The van der Waals surface area contributed by atoms with E-state index in [1.54, 1.807) is 11.3 Å². The second-order valence-electron chi connectivity index (χ2n) is 7.34. The smallest absolute Gasteiger partial charge is 0.305 e. The summed E-state index contributed by atoms with van der Waals surface area (Å²) in [6, 6.07) is 17.5. The van der Waals surface area contributed by atoms with Gasteiger partial charge in [-0.15, -0.1) is 11.3 Å². The van der Waals surface area contributed by atoms with Crippen LogP contribution in [0, 0.1) is 0 Å².